The molecular formula is C102H72N24S4. The van der Waals surface area contributed by atoms with Crippen LogP contribution in [0.2, 0.25) is 0 Å². The molecule has 23 aromatic rings. The Kier molecular flexibility index (Phi) is 21.9. The average molecular weight is 1760 g/mol. The first-order chi connectivity index (χ1) is 64.3. The summed E-state index contributed by atoms with van der Waals surface area (Å²) < 4.78 is 2.36. The summed E-state index contributed by atoms with van der Waals surface area (Å²) >= 11 is 6.49. The van der Waals surface area contributed by atoms with Gasteiger partial charge < -0.3 is 36.6 Å². The van der Waals surface area contributed by atoms with E-state index in [4.69, 9.17) is 34.9 Å². The number of para-hydroxylation sites is 4. The van der Waals surface area contributed by atoms with Crippen molar-refractivity contribution >= 4 is 201 Å². The normalized spacial score (nSPS) is 12.2. The van der Waals surface area contributed by atoms with Gasteiger partial charge in [0.05, 0.1) is 97.1 Å². The molecule has 130 heavy (non-hydrogen) atoms. The Morgan fingerprint density at radius 3 is 1.42 bits per heavy atom. The number of nitrogens with one attached hydrogen (secondary N) is 7. The fourth-order valence-electron chi connectivity index (χ4n) is 15.4. The summed E-state index contributed by atoms with van der Waals surface area (Å²) in [6, 6.07) is 81.3. The molecule has 7 N–H and O–H groups in total. The molecule has 0 unspecified atom stereocenters. The van der Waals surface area contributed by atoms with Crippen LogP contribution in [0.4, 0.5) is 57.5 Å². The van der Waals surface area contributed by atoms with Gasteiger partial charge in [0.15, 0.2) is 23.3 Å². The van der Waals surface area contributed by atoms with Crippen molar-refractivity contribution in [3.63, 3.8) is 0 Å². The zero-order chi connectivity index (χ0) is 86.5. The number of pyridine rings is 4. The molecule has 0 saturated heterocycles. The van der Waals surface area contributed by atoms with E-state index in [9.17, 15) is 0 Å². The van der Waals surface area contributed by atoms with Crippen molar-refractivity contribution in [1.82, 2.24) is 89.7 Å². The lowest BCUT2D eigenvalue weighted by molar-refractivity contribution is 1.10. The fraction of sp³-hybridized carbons (Fsp3) is 0.0490. The Hall–Kier alpha value is -16.5. The molecule has 0 radical (unpaired) electrons. The van der Waals surface area contributed by atoms with E-state index in [2.05, 4.69) is 165 Å². The molecule has 0 bridgehead atoms. The number of hydrogen-bond donors (Lipinski definition) is 7. The number of hydrogen-bond acceptors (Lipinski definition) is 26. The summed E-state index contributed by atoms with van der Waals surface area (Å²) in [6.45, 7) is 0.768. The molecule has 2 aliphatic carbocycles. The third-order valence-electron chi connectivity index (χ3n) is 22.0. The van der Waals surface area contributed by atoms with E-state index in [1.807, 2.05) is 225 Å². The van der Waals surface area contributed by atoms with Gasteiger partial charge in [0.1, 0.15) is 29.1 Å². The summed E-state index contributed by atoms with van der Waals surface area (Å²) in [4.78, 5) is 85.5. The van der Waals surface area contributed by atoms with E-state index in [-0.39, 0.29) is 0 Å². The molecule has 14 aromatic heterocycles. The van der Waals surface area contributed by atoms with Crippen molar-refractivity contribution in [3.8, 4) is 55.4 Å². The predicted octanol–water partition coefficient (Wildman–Crippen LogP) is 25.3. The summed E-state index contributed by atoms with van der Waals surface area (Å²) in [5.74, 6) is 7.44. The van der Waals surface area contributed by atoms with Crippen molar-refractivity contribution in [3.05, 3.63) is 354 Å². The van der Waals surface area contributed by atoms with E-state index >= 15 is 0 Å². The maximum atomic E-state index is 4.89. The molecule has 26 rings (SSSR count). The number of H-pyrrole nitrogens is 2. The minimum atomic E-state index is 0.677. The van der Waals surface area contributed by atoms with Crippen molar-refractivity contribution in [2.45, 2.75) is 31.7 Å². The van der Waals surface area contributed by atoms with Crippen molar-refractivity contribution in [2.24, 2.45) is 4.99 Å². The van der Waals surface area contributed by atoms with Crippen LogP contribution >= 0.6 is 45.3 Å². The van der Waals surface area contributed by atoms with Gasteiger partial charge in [-0.3, -0.25) is 29.9 Å². The SMILES string of the molecule is C1=Cc2cc(Nc3nc(-c4cc[nH]c4)nc4ccccc34)ccc2C1.C1=NCc2ccc(Nc3nc(-c4cc[nH]c4)nc4ccccc34)cc21.c1ccc2c(Nc3ccc4ncsc4c3)nc(-c3cncs3)nc2c1.c1cnc2ccc(Nc3nc(-c4cncs4)nc4ccccc34)cc2c1.c1cncc(-c2cc3ncccc3c(Nc3ccc4nc(C5CC5)sc4c3)n2)c1. The van der Waals surface area contributed by atoms with Gasteiger partial charge in [-0.2, -0.15) is 0 Å². The monoisotopic (exact) mass is 1760 g/mol. The maximum Gasteiger partial charge on any atom is 0.173 e. The Labute approximate surface area is 758 Å². The van der Waals surface area contributed by atoms with Crippen molar-refractivity contribution < 1.29 is 0 Å². The molecule has 9 aromatic carbocycles. The molecule has 1 fully saturated rings. The predicted molar refractivity (Wildman–Crippen MR) is 529 cm³/mol. The molecule has 624 valence electrons. The first-order valence-corrected chi connectivity index (χ1v) is 45.4. The zero-order valence-corrected chi connectivity index (χ0v) is 72.2. The number of fused-ring (bicyclic) bond motifs is 10. The summed E-state index contributed by atoms with van der Waals surface area (Å²) in [7, 11) is 0. The second-order valence-electron chi connectivity index (χ2n) is 30.7. The summed E-state index contributed by atoms with van der Waals surface area (Å²) in [5, 5.41) is 24.7. The number of anilines is 10. The third-order valence-corrected chi connectivity index (χ3v) is 25.5. The number of aromatic amines is 2. The second-order valence-corrected chi connectivity index (χ2v) is 34.5. The summed E-state index contributed by atoms with van der Waals surface area (Å²) in [5.41, 5.74) is 26.8. The van der Waals surface area contributed by atoms with Crippen LogP contribution in [-0.4, -0.2) is 95.9 Å². The van der Waals surface area contributed by atoms with Crippen LogP contribution in [0.15, 0.2) is 332 Å². The lowest BCUT2D eigenvalue weighted by Crippen LogP contribution is -1.99. The second kappa shape index (κ2) is 35.8. The largest absolute Gasteiger partial charge is 0.367 e. The highest BCUT2D eigenvalue weighted by Crippen LogP contribution is 2.45. The number of allylic oxidation sites excluding steroid dienone is 1. The average Bonchev–Trinajstić information content (AvgIpc) is 1.20. The van der Waals surface area contributed by atoms with Crippen LogP contribution in [0, 0.1) is 0 Å². The molecule has 15 heterocycles. The van der Waals surface area contributed by atoms with E-state index in [0.717, 1.165) is 189 Å². The van der Waals surface area contributed by atoms with Crippen LogP contribution in [0.25, 0.3) is 147 Å². The highest BCUT2D eigenvalue weighted by atomic mass is 32.1. The Morgan fingerprint density at radius 2 is 0.838 bits per heavy atom. The van der Waals surface area contributed by atoms with Gasteiger partial charge in [-0.25, -0.2) is 54.8 Å². The van der Waals surface area contributed by atoms with E-state index in [0.29, 0.717) is 29.2 Å². The summed E-state index contributed by atoms with van der Waals surface area (Å²) in [6.07, 6.45) is 28.2. The highest BCUT2D eigenvalue weighted by molar-refractivity contribution is 7.18. The van der Waals surface area contributed by atoms with Crippen molar-refractivity contribution in [1.29, 1.82) is 0 Å². The van der Waals surface area contributed by atoms with Gasteiger partial charge in [-0.05, 0) is 217 Å². The molecule has 0 atom stereocenters. The van der Waals surface area contributed by atoms with Crippen molar-refractivity contribution in [2.75, 3.05) is 26.6 Å². The molecule has 0 amide bonds. The molecular weight excluding hydrogens is 1690 g/mol. The lowest BCUT2D eigenvalue weighted by atomic mass is 10.1. The first-order valence-electron chi connectivity index (χ1n) is 41.9. The van der Waals surface area contributed by atoms with Gasteiger partial charge in [-0.1, -0.05) is 78.9 Å². The van der Waals surface area contributed by atoms with Gasteiger partial charge in [0.25, 0.3) is 0 Å². The van der Waals surface area contributed by atoms with Gasteiger partial charge in [-0.15, -0.1) is 45.3 Å². The molecule has 3 aliphatic rings. The van der Waals surface area contributed by atoms with Crippen LogP contribution in [0.1, 0.15) is 46.0 Å². The van der Waals surface area contributed by atoms with Crippen LogP contribution in [-0.2, 0) is 13.0 Å². The highest BCUT2D eigenvalue weighted by Gasteiger charge is 2.27. The number of aromatic nitrogens is 18. The molecule has 28 heteroatoms. The number of thiazole rings is 4. The fourth-order valence-corrected chi connectivity index (χ4v) is 18.4. The lowest BCUT2D eigenvalue weighted by Gasteiger charge is -2.11. The van der Waals surface area contributed by atoms with Gasteiger partial charge in [0.2, 0.25) is 0 Å². The Bertz CT molecular complexity index is 7970. The number of rotatable bonds is 16. The number of benzene rings is 9. The van der Waals surface area contributed by atoms with Crippen LogP contribution < -0.4 is 26.6 Å². The van der Waals surface area contributed by atoms with Crippen LogP contribution in [0.3, 0.4) is 0 Å². The van der Waals surface area contributed by atoms with E-state index in [1.165, 1.54) is 61.9 Å². The molecule has 24 nitrogen and oxygen atoms in total. The van der Waals surface area contributed by atoms with Gasteiger partial charge in [0, 0.05) is 152 Å². The smallest absolute Gasteiger partial charge is 0.173 e. The third kappa shape index (κ3) is 17.4. The topological polar surface area (TPSA) is 310 Å². The first kappa shape index (κ1) is 79.4. The number of aliphatic imine (C=N–C) groups is 1. The Balaban J connectivity index is 0.0000000954. The molecule has 0 spiro atoms. The Morgan fingerprint density at radius 1 is 0.338 bits per heavy atom. The van der Waals surface area contributed by atoms with Gasteiger partial charge >= 0.3 is 0 Å². The quantitative estimate of drug-likeness (QED) is 0.0473. The molecule has 1 aliphatic heterocycles. The van der Waals surface area contributed by atoms with E-state index < -0.39 is 0 Å². The maximum absolute atomic E-state index is 4.89. The number of nitrogens with zero attached hydrogens (tertiary/aromatic N) is 17. The zero-order valence-electron chi connectivity index (χ0n) is 69.0. The molecule has 1 saturated carbocycles. The van der Waals surface area contributed by atoms with E-state index in [1.54, 1.807) is 58.5 Å². The minimum absolute atomic E-state index is 0.677. The van der Waals surface area contributed by atoms with Crippen LogP contribution in [0.5, 0.6) is 0 Å². The standard InChI is InChI=1S/C23H17N5S.C21H16N4.C20H13N5S.C20H15N5.C18H11N5S2/c1-3-15(13-24-9-1)19-12-20-17(4-2-10-25-20)22(27-19)26-16-7-8-18-21(11-16)29-23(28-18)14-5-6-14;1-2-7-19-18(6-1)21(25-20(24-19)16-10-11-22-13-16)23-17-9-8-14-4-3-5-15(14)12-17;1-2-6-17-15(5-1)19(25-20(24-17)18-11-21-12-26-18)23-14-7-8-16-13(10-14)4-3-9-22-16;1-2-4-18-17(3-1)20(25-19(24-18)14-7-8-21-11-14)23-16-6-5-13-10-22-12-15(13)9-16;1-2-4-13-12(3-1)17(23-18(22-13)16-8-19-9-24-16)21-11-5-6-14-15(7-11)25-10-20-14/h1-4,7-14H,5-6H2,(H,26,27);1-3,5-13,22H,4H2,(H,23,24,25);1-12H,(H,23,24,25);1-9,11-12,21H,10H2,(H,23,24,25);1-10H,(H,21,22,23). The minimum Gasteiger partial charge on any atom is -0.367 e.